The predicted molar refractivity (Wildman–Crippen MR) is 102 cm³/mol. The Balaban J connectivity index is 1.83. The topological polar surface area (TPSA) is 64.6 Å². The van der Waals surface area contributed by atoms with Crippen LogP contribution in [0.25, 0.3) is 0 Å². The van der Waals surface area contributed by atoms with Crippen molar-refractivity contribution in [1.82, 2.24) is 0 Å². The molecule has 7 heteroatoms. The average Bonchev–Trinajstić information content (AvgIpc) is 2.61. The van der Waals surface area contributed by atoms with Gasteiger partial charge in [0.1, 0.15) is 0 Å². The van der Waals surface area contributed by atoms with Gasteiger partial charge < -0.3 is 14.8 Å². The first kappa shape index (κ1) is 20.2. The van der Waals surface area contributed by atoms with Gasteiger partial charge >= 0.3 is 5.97 Å². The highest BCUT2D eigenvalue weighted by Gasteiger charge is 2.11. The van der Waals surface area contributed by atoms with E-state index < -0.39 is 18.5 Å². The molecule has 5 nitrogen and oxygen atoms in total. The molecular weight excluding hydrogens is 377 g/mol. The lowest BCUT2D eigenvalue weighted by Crippen LogP contribution is -2.20. The molecule has 0 spiro atoms. The fraction of sp³-hybridized carbons (Fsp3) is 0.263. The molecule has 0 aliphatic carbocycles. The van der Waals surface area contributed by atoms with Gasteiger partial charge in [0.15, 0.2) is 6.61 Å². The number of benzene rings is 2. The summed E-state index contributed by atoms with van der Waals surface area (Å²) in [7, 11) is 0. The lowest BCUT2D eigenvalue weighted by molar-refractivity contribution is -0.119. The van der Waals surface area contributed by atoms with E-state index in [1.165, 1.54) is 6.07 Å². The van der Waals surface area contributed by atoms with Crippen LogP contribution in [-0.2, 0) is 20.9 Å². The van der Waals surface area contributed by atoms with Crippen LogP contribution in [0.5, 0.6) is 0 Å². The van der Waals surface area contributed by atoms with E-state index in [0.717, 1.165) is 5.56 Å². The third-order valence-electron chi connectivity index (χ3n) is 3.31. The Morgan fingerprint density at radius 2 is 1.73 bits per heavy atom. The Bertz CT molecular complexity index is 776. The second kappa shape index (κ2) is 9.57. The summed E-state index contributed by atoms with van der Waals surface area (Å²) < 4.78 is 10.5. The maximum absolute atomic E-state index is 12.0. The highest BCUT2D eigenvalue weighted by atomic mass is 35.5. The number of anilines is 1. The van der Waals surface area contributed by atoms with Crippen molar-refractivity contribution in [2.75, 3.05) is 11.9 Å². The van der Waals surface area contributed by atoms with Crippen LogP contribution in [0.3, 0.4) is 0 Å². The minimum absolute atomic E-state index is 0.133. The van der Waals surface area contributed by atoms with Crippen molar-refractivity contribution in [3.05, 3.63) is 63.6 Å². The molecule has 0 aromatic heterocycles. The van der Waals surface area contributed by atoms with Gasteiger partial charge in [-0.3, -0.25) is 4.79 Å². The minimum Gasteiger partial charge on any atom is -0.452 e. The number of hydrogen-bond donors (Lipinski definition) is 1. The maximum atomic E-state index is 12.0. The first-order valence-corrected chi connectivity index (χ1v) is 8.73. The van der Waals surface area contributed by atoms with Crippen LogP contribution in [0.2, 0.25) is 10.0 Å². The van der Waals surface area contributed by atoms with Crippen LogP contribution in [0, 0.1) is 0 Å². The predicted octanol–water partition coefficient (Wildman–Crippen LogP) is 4.71. The van der Waals surface area contributed by atoms with Gasteiger partial charge in [-0.15, -0.1) is 0 Å². The summed E-state index contributed by atoms with van der Waals surface area (Å²) in [6, 6.07) is 11.5. The molecule has 138 valence electrons. The molecule has 0 aliphatic rings. The van der Waals surface area contributed by atoms with Crippen molar-refractivity contribution < 1.29 is 19.1 Å². The van der Waals surface area contributed by atoms with Crippen molar-refractivity contribution in [2.24, 2.45) is 0 Å². The average molecular weight is 396 g/mol. The molecule has 0 radical (unpaired) electrons. The summed E-state index contributed by atoms with van der Waals surface area (Å²) in [5, 5.41) is 3.29. The molecule has 0 saturated heterocycles. The molecule has 2 rings (SSSR count). The highest BCUT2D eigenvalue weighted by molar-refractivity contribution is 6.42. The number of carbonyl (C=O) groups excluding carboxylic acids is 2. The molecule has 0 atom stereocenters. The third kappa shape index (κ3) is 6.33. The second-order valence-electron chi connectivity index (χ2n) is 5.81. The van der Waals surface area contributed by atoms with E-state index in [-0.39, 0.29) is 6.10 Å². The van der Waals surface area contributed by atoms with Gasteiger partial charge in [-0.1, -0.05) is 35.3 Å². The van der Waals surface area contributed by atoms with Gasteiger partial charge in [-0.2, -0.15) is 0 Å². The zero-order chi connectivity index (χ0) is 19.1. The molecule has 2 aromatic rings. The van der Waals surface area contributed by atoms with E-state index in [2.05, 4.69) is 5.32 Å². The van der Waals surface area contributed by atoms with Gasteiger partial charge in [0.2, 0.25) is 0 Å². The molecule has 0 unspecified atom stereocenters. The Labute approximate surface area is 162 Å². The van der Waals surface area contributed by atoms with Crippen LogP contribution in [0.1, 0.15) is 29.8 Å². The van der Waals surface area contributed by atoms with Gasteiger partial charge in [-0.25, -0.2) is 4.79 Å². The summed E-state index contributed by atoms with van der Waals surface area (Å²) in [6.45, 7) is 3.97. The Kier molecular flexibility index (Phi) is 7.45. The monoisotopic (exact) mass is 395 g/mol. The van der Waals surface area contributed by atoms with Crippen LogP contribution >= 0.6 is 23.2 Å². The fourth-order valence-corrected chi connectivity index (χ4v) is 2.28. The molecular formula is C19H19Cl2NO4. The zero-order valence-corrected chi connectivity index (χ0v) is 15.9. The number of carbonyl (C=O) groups is 2. The zero-order valence-electron chi connectivity index (χ0n) is 14.4. The fourth-order valence-electron chi connectivity index (χ4n) is 1.99. The van der Waals surface area contributed by atoms with Gasteiger partial charge in [-0.05, 0) is 49.7 Å². The molecule has 2 aromatic carbocycles. The minimum atomic E-state index is -0.578. The van der Waals surface area contributed by atoms with E-state index in [0.29, 0.717) is 27.9 Å². The van der Waals surface area contributed by atoms with Crippen LogP contribution in [0.4, 0.5) is 5.69 Å². The lowest BCUT2D eigenvalue weighted by Gasteiger charge is -2.09. The Morgan fingerprint density at radius 3 is 2.35 bits per heavy atom. The van der Waals surface area contributed by atoms with Crippen LogP contribution in [-0.4, -0.2) is 24.6 Å². The van der Waals surface area contributed by atoms with Gasteiger partial charge in [0, 0.05) is 5.69 Å². The molecule has 0 saturated carbocycles. The van der Waals surface area contributed by atoms with E-state index in [9.17, 15) is 9.59 Å². The largest absolute Gasteiger partial charge is 0.452 e. The molecule has 0 heterocycles. The summed E-state index contributed by atoms with van der Waals surface area (Å²) >= 11 is 11.7. The van der Waals surface area contributed by atoms with Crippen molar-refractivity contribution in [2.45, 2.75) is 26.6 Å². The number of ether oxygens (including phenoxy) is 2. The number of amides is 1. The molecule has 0 bridgehead atoms. The van der Waals surface area contributed by atoms with Crippen LogP contribution < -0.4 is 5.32 Å². The number of nitrogens with one attached hydrogen (secondary N) is 1. The first-order valence-electron chi connectivity index (χ1n) is 7.97. The van der Waals surface area contributed by atoms with E-state index in [4.69, 9.17) is 32.7 Å². The van der Waals surface area contributed by atoms with Crippen molar-refractivity contribution in [3.8, 4) is 0 Å². The number of halogens is 2. The van der Waals surface area contributed by atoms with Gasteiger partial charge in [0.05, 0.1) is 28.3 Å². The molecule has 1 amide bonds. The Hall–Kier alpha value is -2.08. The first-order chi connectivity index (χ1) is 12.3. The lowest BCUT2D eigenvalue weighted by atomic mass is 10.1. The summed E-state index contributed by atoms with van der Waals surface area (Å²) in [6.07, 6.45) is 0.133. The SMILES string of the molecule is CC(C)OCc1ccc(C(=O)OCC(=O)Nc2ccc(Cl)c(Cl)c2)cc1. The Morgan fingerprint density at radius 1 is 1.04 bits per heavy atom. The van der Waals surface area contributed by atoms with Gasteiger partial charge in [0.25, 0.3) is 5.91 Å². The maximum Gasteiger partial charge on any atom is 0.338 e. The number of esters is 1. The quantitative estimate of drug-likeness (QED) is 0.689. The third-order valence-corrected chi connectivity index (χ3v) is 4.05. The number of hydrogen-bond acceptors (Lipinski definition) is 4. The number of rotatable bonds is 7. The highest BCUT2D eigenvalue weighted by Crippen LogP contribution is 2.24. The molecule has 0 fully saturated rings. The van der Waals surface area contributed by atoms with E-state index in [1.54, 1.807) is 36.4 Å². The normalized spacial score (nSPS) is 10.7. The summed E-state index contributed by atoms with van der Waals surface area (Å²) in [5.41, 5.74) is 1.78. The standard InChI is InChI=1S/C19H19Cl2NO4/c1-12(2)25-10-13-3-5-14(6-4-13)19(24)26-11-18(23)22-15-7-8-16(20)17(21)9-15/h3-9,12H,10-11H2,1-2H3,(H,22,23). The van der Waals surface area contributed by atoms with Crippen LogP contribution in [0.15, 0.2) is 42.5 Å². The van der Waals surface area contributed by atoms with E-state index in [1.807, 2.05) is 13.8 Å². The summed E-state index contributed by atoms with van der Waals surface area (Å²) in [5.74, 6) is -1.05. The van der Waals surface area contributed by atoms with E-state index >= 15 is 0 Å². The second-order valence-corrected chi connectivity index (χ2v) is 6.62. The molecule has 1 N–H and O–H groups in total. The van der Waals surface area contributed by atoms with Crippen molar-refractivity contribution >= 4 is 40.8 Å². The molecule has 0 aliphatic heterocycles. The smallest absolute Gasteiger partial charge is 0.338 e. The van der Waals surface area contributed by atoms with Crippen molar-refractivity contribution in [1.29, 1.82) is 0 Å². The summed E-state index contributed by atoms with van der Waals surface area (Å²) in [4.78, 5) is 23.9. The van der Waals surface area contributed by atoms with Crippen molar-refractivity contribution in [3.63, 3.8) is 0 Å². The molecule has 26 heavy (non-hydrogen) atoms.